The van der Waals surface area contributed by atoms with Gasteiger partial charge in [-0.2, -0.15) is 53.3 Å². The lowest BCUT2D eigenvalue weighted by molar-refractivity contribution is -0.138. The van der Waals surface area contributed by atoms with E-state index in [1.807, 2.05) is 9.80 Å². The maximum atomic E-state index is 13.5. The van der Waals surface area contributed by atoms with Crippen molar-refractivity contribution >= 4 is 109 Å². The Morgan fingerprint density at radius 2 is 1.03 bits per heavy atom. The number of pyridine rings is 2. The molecule has 4 atom stereocenters. The molecule has 4 aromatic heterocycles. The number of fused-ring (bicyclic) bond motifs is 8. The van der Waals surface area contributed by atoms with E-state index >= 15 is 0 Å². The fourth-order valence-corrected chi connectivity index (χ4v) is 9.35. The minimum absolute atomic E-state index is 0. The lowest BCUT2D eigenvalue weighted by Gasteiger charge is -2.36. The number of halogens is 9. The van der Waals surface area contributed by atoms with Crippen molar-refractivity contribution in [2.75, 3.05) is 82.8 Å². The number of carbonyl (C=O) groups excluding carboxylic acids is 2. The number of hydrogen-bond acceptors (Lipinski definition) is 16. The van der Waals surface area contributed by atoms with E-state index in [1.165, 1.54) is 58.9 Å². The first kappa shape index (κ1) is 61.8. The Kier molecular flexibility index (Phi) is 20.2. The molecular formula is C48H49Cl3F6N12O8S2. The minimum atomic E-state index is -4.54. The summed E-state index contributed by atoms with van der Waals surface area (Å²) in [4.78, 5) is 59.0. The molecule has 0 aliphatic carbocycles. The van der Waals surface area contributed by atoms with Gasteiger partial charge >= 0.3 is 24.4 Å². The average Bonchev–Trinajstić information content (AvgIpc) is 4.30. The fourth-order valence-electron chi connectivity index (χ4n) is 8.84. The van der Waals surface area contributed by atoms with Crippen LogP contribution in [0.3, 0.4) is 0 Å². The number of rotatable bonds is 12. The molecule has 2 aromatic carbocycles. The maximum absolute atomic E-state index is 13.5. The fraction of sp³-hybridized carbons (Fsp3) is 0.333. The van der Waals surface area contributed by atoms with E-state index in [-0.39, 0.29) is 132 Å². The second-order valence-corrected chi connectivity index (χ2v) is 18.4. The summed E-state index contributed by atoms with van der Waals surface area (Å²) in [6.07, 6.45) is -7.63. The number of benzene rings is 2. The van der Waals surface area contributed by atoms with Crippen LogP contribution in [0.5, 0.6) is 11.8 Å². The number of alkyl halides is 6. The number of aromatic nitrogens is 6. The maximum Gasteiger partial charge on any atom is 0.416 e. The smallest absolute Gasteiger partial charge is 0.416 e. The summed E-state index contributed by atoms with van der Waals surface area (Å²) in [5, 5.41) is 42.5. The van der Waals surface area contributed by atoms with Crippen molar-refractivity contribution in [2.45, 2.75) is 49.5 Å². The molecule has 0 unspecified atom stereocenters. The standard InChI is InChI=1S/2C24H22ClF3N6O4.ClH.2H2S/c2*25-17-7-18-22(32-21(17)13-2-1-3-14(6-13)24(26,27)28)34(15-4-5-33(18)9-15)23(37)31-19-8-20(30-12-29-19)38-11-16(36)10-35;;;/h2*1-3,6-8,12,15-16,35-36H,4-5,9-11H2,(H,29,30,31,37);1H;2*1H2/t2*15-,16-;;;/m00.../s1. The van der Waals surface area contributed by atoms with Gasteiger partial charge in [-0.15, -0.1) is 12.4 Å². The van der Waals surface area contributed by atoms with Crippen molar-refractivity contribution in [3.8, 4) is 34.3 Å². The SMILES string of the molecule is Cl.O=C(Nc1cc(OC[C@@H](O)CO)ncn1)N1c2nc(-c3cccc(C(F)(F)F)c3)c(Cl)cc2N2CC[C@H]1C2.O=C(Nc1cc(OC[C@@H](O)CO)ncn1)N1c2nc(-c3cccc(C(F)(F)F)c3)c(Cl)cc2N2CC[C@H]1C2.S.S. The zero-order valence-corrected chi connectivity index (χ0v) is 45.1. The first-order valence-electron chi connectivity index (χ1n) is 23.2. The van der Waals surface area contributed by atoms with E-state index in [0.29, 0.717) is 50.4 Å². The van der Waals surface area contributed by atoms with Crippen LogP contribution in [0.1, 0.15) is 24.0 Å². The Balaban J connectivity index is 0.000000246. The van der Waals surface area contributed by atoms with Crippen molar-refractivity contribution in [2.24, 2.45) is 0 Å². The zero-order valence-electron chi connectivity index (χ0n) is 40.8. The van der Waals surface area contributed by atoms with Crippen molar-refractivity contribution in [1.29, 1.82) is 0 Å². The lowest BCUT2D eigenvalue weighted by Crippen LogP contribution is -2.48. The number of anilines is 6. The van der Waals surface area contributed by atoms with Crippen LogP contribution in [0, 0.1) is 0 Å². The predicted octanol–water partition coefficient (Wildman–Crippen LogP) is 7.79. The molecule has 4 bridgehead atoms. The second-order valence-electron chi connectivity index (χ2n) is 17.6. The number of amides is 4. The molecule has 31 heteroatoms. The Bertz CT molecular complexity index is 2940. The molecule has 10 rings (SSSR count). The molecule has 0 saturated carbocycles. The van der Waals surface area contributed by atoms with Crippen molar-refractivity contribution in [3.63, 3.8) is 0 Å². The Hall–Kier alpha value is -6.37. The molecule has 4 aliphatic rings. The van der Waals surface area contributed by atoms with Crippen molar-refractivity contribution < 1.29 is 65.8 Å². The number of ether oxygens (including phenoxy) is 2. The van der Waals surface area contributed by atoms with Gasteiger partial charge in [0.25, 0.3) is 0 Å². The number of nitrogens with zero attached hydrogens (tertiary/aromatic N) is 10. The van der Waals surface area contributed by atoms with Crippen LogP contribution in [0.2, 0.25) is 10.0 Å². The second kappa shape index (κ2) is 25.8. The van der Waals surface area contributed by atoms with E-state index in [9.17, 15) is 46.1 Å². The quantitative estimate of drug-likeness (QED) is 0.0640. The number of urea groups is 2. The van der Waals surface area contributed by atoms with E-state index in [4.69, 9.17) is 42.9 Å². The molecule has 8 heterocycles. The van der Waals surface area contributed by atoms with Crippen LogP contribution < -0.4 is 39.7 Å². The van der Waals surface area contributed by atoms with Crippen molar-refractivity contribution in [3.05, 3.63) is 107 Å². The van der Waals surface area contributed by atoms with E-state index in [2.05, 4.69) is 40.5 Å². The highest BCUT2D eigenvalue weighted by Gasteiger charge is 2.43. The molecule has 20 nitrogen and oxygen atoms in total. The molecule has 0 radical (unpaired) electrons. The average molecular weight is 1210 g/mol. The molecule has 6 aromatic rings. The molecule has 79 heavy (non-hydrogen) atoms. The number of nitrogens with one attached hydrogen (secondary N) is 2. The topological polar surface area (TPSA) is 248 Å². The van der Waals surface area contributed by atoms with Gasteiger partial charge in [-0.25, -0.2) is 39.5 Å². The van der Waals surface area contributed by atoms with Crippen LogP contribution in [0.4, 0.5) is 70.6 Å². The Morgan fingerprint density at radius 1 is 0.633 bits per heavy atom. The van der Waals surface area contributed by atoms with E-state index < -0.39 is 61.0 Å². The third-order valence-corrected chi connectivity index (χ3v) is 13.0. The van der Waals surface area contributed by atoms with Crippen molar-refractivity contribution in [1.82, 2.24) is 29.9 Å². The van der Waals surface area contributed by atoms with Gasteiger partial charge in [-0.1, -0.05) is 47.5 Å². The summed E-state index contributed by atoms with van der Waals surface area (Å²) in [7, 11) is 0. The first-order valence-corrected chi connectivity index (χ1v) is 24.0. The van der Waals surface area contributed by atoms with E-state index in [0.717, 1.165) is 24.3 Å². The van der Waals surface area contributed by atoms with Crippen LogP contribution in [0.25, 0.3) is 22.5 Å². The highest BCUT2D eigenvalue weighted by Crippen LogP contribution is 2.46. The van der Waals surface area contributed by atoms with Gasteiger partial charge in [0, 0.05) is 49.4 Å². The van der Waals surface area contributed by atoms with Crippen LogP contribution in [0.15, 0.2) is 85.5 Å². The molecule has 0 spiro atoms. The van der Waals surface area contributed by atoms with Gasteiger partial charge in [0.15, 0.2) is 11.6 Å². The molecule has 2 fully saturated rings. The monoisotopic (exact) mass is 1200 g/mol. The normalized spacial score (nSPS) is 16.6. The third-order valence-electron chi connectivity index (χ3n) is 12.5. The molecular weight excluding hydrogens is 1160 g/mol. The number of hydrogen-bond donors (Lipinski definition) is 6. The largest absolute Gasteiger partial charge is 0.475 e. The van der Waals surface area contributed by atoms with E-state index in [1.54, 1.807) is 12.1 Å². The number of aliphatic hydroxyl groups excluding tert-OH is 4. The summed E-state index contributed by atoms with van der Waals surface area (Å²) in [5.41, 5.74) is 0.106. The Morgan fingerprint density at radius 3 is 1.39 bits per heavy atom. The Labute approximate surface area is 476 Å². The first-order chi connectivity index (χ1) is 36.3. The zero-order chi connectivity index (χ0) is 54.1. The van der Waals surface area contributed by atoms with Gasteiger partial charge < -0.3 is 39.7 Å². The summed E-state index contributed by atoms with van der Waals surface area (Å²) in [5.74, 6) is 0.922. The van der Waals surface area contributed by atoms with Crippen LogP contribution >= 0.6 is 62.6 Å². The van der Waals surface area contributed by atoms with Gasteiger partial charge in [0.2, 0.25) is 11.8 Å². The van der Waals surface area contributed by atoms with Gasteiger partial charge in [0.05, 0.1) is 69.2 Å². The van der Waals surface area contributed by atoms with Gasteiger partial charge in [0.1, 0.15) is 49.7 Å². The summed E-state index contributed by atoms with van der Waals surface area (Å²) >= 11 is 13.0. The van der Waals surface area contributed by atoms with Gasteiger partial charge in [-0.3, -0.25) is 20.4 Å². The highest BCUT2D eigenvalue weighted by atomic mass is 35.5. The highest BCUT2D eigenvalue weighted by molar-refractivity contribution is 7.59. The molecule has 2 saturated heterocycles. The summed E-state index contributed by atoms with van der Waals surface area (Å²) in [6, 6.07) is 13.8. The minimum Gasteiger partial charge on any atom is -0.475 e. The lowest BCUT2D eigenvalue weighted by atomic mass is 10.1. The molecule has 4 amide bonds. The molecule has 6 N–H and O–H groups in total. The summed E-state index contributed by atoms with van der Waals surface area (Å²) in [6.45, 7) is 1.00. The number of aliphatic hydroxyl groups is 4. The molecule has 424 valence electrons. The molecule has 4 aliphatic heterocycles. The third kappa shape index (κ3) is 14.0. The predicted molar refractivity (Wildman–Crippen MR) is 293 cm³/mol. The van der Waals surface area contributed by atoms with Crippen LogP contribution in [-0.4, -0.2) is 139 Å². The van der Waals surface area contributed by atoms with Gasteiger partial charge in [-0.05, 0) is 49.2 Å². The number of carbonyl (C=O) groups is 2. The summed E-state index contributed by atoms with van der Waals surface area (Å²) < 4.78 is 90.5. The van der Waals surface area contributed by atoms with Crippen LogP contribution in [-0.2, 0) is 12.4 Å².